The van der Waals surface area contributed by atoms with Crippen molar-refractivity contribution in [2.24, 2.45) is 0 Å². The molecule has 0 saturated carbocycles. The fourth-order valence-electron chi connectivity index (χ4n) is 5.23. The van der Waals surface area contributed by atoms with Gasteiger partial charge in [-0.05, 0) is 27.8 Å². The van der Waals surface area contributed by atoms with Crippen LogP contribution in [0.1, 0.15) is 29.2 Å². The highest BCUT2D eigenvalue weighted by molar-refractivity contribution is 5.73. The lowest BCUT2D eigenvalue weighted by Crippen LogP contribution is -2.57. The molecule has 4 aromatic carbocycles. The van der Waals surface area contributed by atoms with E-state index in [1.807, 2.05) is 127 Å². The van der Waals surface area contributed by atoms with Gasteiger partial charge in [0.1, 0.15) is 18.3 Å². The van der Waals surface area contributed by atoms with Gasteiger partial charge >= 0.3 is 0 Å². The quantitative estimate of drug-likeness (QED) is 0.176. The summed E-state index contributed by atoms with van der Waals surface area (Å²) in [4.78, 5) is 12.4. The van der Waals surface area contributed by atoms with Crippen LogP contribution in [0.15, 0.2) is 133 Å². The largest absolute Gasteiger partial charge is 0.372 e. The molecule has 1 aliphatic carbocycles. The van der Waals surface area contributed by atoms with Crippen LogP contribution in [0.3, 0.4) is 0 Å². The topological polar surface area (TPSA) is 66.0 Å². The van der Waals surface area contributed by atoms with Gasteiger partial charge in [0.15, 0.2) is 0 Å². The molecule has 0 saturated heterocycles. The van der Waals surface area contributed by atoms with Crippen LogP contribution < -0.4 is 5.32 Å². The van der Waals surface area contributed by atoms with Gasteiger partial charge in [0.05, 0.1) is 39.1 Å². The molecule has 6 nitrogen and oxygen atoms in total. The first-order chi connectivity index (χ1) is 21.2. The predicted molar refractivity (Wildman–Crippen MR) is 167 cm³/mol. The van der Waals surface area contributed by atoms with Crippen molar-refractivity contribution >= 4 is 5.91 Å². The van der Waals surface area contributed by atoms with E-state index in [0.717, 1.165) is 27.8 Å². The molecule has 0 aromatic heterocycles. The highest BCUT2D eigenvalue weighted by atomic mass is 16.6. The summed E-state index contributed by atoms with van der Waals surface area (Å²) in [5.74, 6) is -0.149. The number of ether oxygens (including phenoxy) is 4. The van der Waals surface area contributed by atoms with Crippen molar-refractivity contribution < 1.29 is 23.7 Å². The second-order valence-electron chi connectivity index (χ2n) is 10.7. The van der Waals surface area contributed by atoms with E-state index in [1.165, 1.54) is 6.92 Å². The average Bonchev–Trinajstić information content (AvgIpc) is 3.04. The Morgan fingerprint density at radius 2 is 0.977 bits per heavy atom. The molecule has 0 aliphatic heterocycles. The Labute approximate surface area is 254 Å². The second kappa shape index (κ2) is 16.0. The van der Waals surface area contributed by atoms with Crippen LogP contribution in [0.5, 0.6) is 0 Å². The van der Waals surface area contributed by atoms with Crippen molar-refractivity contribution in [3.63, 3.8) is 0 Å². The van der Waals surface area contributed by atoms with Crippen molar-refractivity contribution in [3.8, 4) is 0 Å². The van der Waals surface area contributed by atoms with Gasteiger partial charge in [0, 0.05) is 6.92 Å². The average molecular weight is 578 g/mol. The molecule has 0 unspecified atom stereocenters. The smallest absolute Gasteiger partial charge is 0.217 e. The predicted octanol–water partition coefficient (Wildman–Crippen LogP) is 6.40. The lowest BCUT2D eigenvalue weighted by molar-refractivity contribution is -0.156. The minimum Gasteiger partial charge on any atom is -0.372 e. The molecular formula is C37H39NO5. The van der Waals surface area contributed by atoms with Crippen molar-refractivity contribution in [1.29, 1.82) is 0 Å². The standard InChI is InChI=1S/C37H39NO5/c1-28(39)38-34-22-33(27-40-23-29-14-6-2-7-15-29)35(41-24-30-16-8-3-9-17-30)37(43-26-32-20-12-5-13-21-32)36(34)42-25-31-18-10-4-11-19-31/h2-22,34-37H,23-27H2,1H3,(H,38,39)/t34-,35-,36+,37+/m1/s1. The van der Waals surface area contributed by atoms with Gasteiger partial charge in [-0.25, -0.2) is 0 Å². The van der Waals surface area contributed by atoms with Gasteiger partial charge < -0.3 is 24.3 Å². The molecule has 6 heteroatoms. The Balaban J connectivity index is 1.45. The molecule has 0 bridgehead atoms. The molecular weight excluding hydrogens is 538 g/mol. The van der Waals surface area contributed by atoms with Gasteiger partial charge in [-0.15, -0.1) is 0 Å². The zero-order chi connectivity index (χ0) is 29.7. The molecule has 1 amide bonds. The number of hydrogen-bond acceptors (Lipinski definition) is 5. The van der Waals surface area contributed by atoms with E-state index < -0.39 is 24.4 Å². The number of carbonyl (C=O) groups excluding carboxylic acids is 1. The lowest BCUT2D eigenvalue weighted by atomic mass is 9.87. The highest BCUT2D eigenvalue weighted by Gasteiger charge is 2.43. The number of carbonyl (C=O) groups is 1. The van der Waals surface area contributed by atoms with Crippen LogP contribution in [-0.2, 0) is 50.2 Å². The Morgan fingerprint density at radius 3 is 1.44 bits per heavy atom. The van der Waals surface area contributed by atoms with Crippen molar-refractivity contribution in [2.75, 3.05) is 6.61 Å². The summed E-state index contributed by atoms with van der Waals surface area (Å²) in [6, 6.07) is 39.8. The maximum absolute atomic E-state index is 12.4. The maximum atomic E-state index is 12.4. The van der Waals surface area contributed by atoms with Crippen molar-refractivity contribution in [1.82, 2.24) is 5.32 Å². The van der Waals surface area contributed by atoms with Crippen LogP contribution in [0.2, 0.25) is 0 Å². The summed E-state index contributed by atoms with van der Waals surface area (Å²) in [6.07, 6.45) is 0.529. The monoisotopic (exact) mass is 577 g/mol. The van der Waals surface area contributed by atoms with Gasteiger partial charge in [0.2, 0.25) is 5.91 Å². The van der Waals surface area contributed by atoms with Crippen molar-refractivity contribution in [3.05, 3.63) is 155 Å². The Hall–Kier alpha value is -4.07. The molecule has 4 aromatic rings. The lowest BCUT2D eigenvalue weighted by Gasteiger charge is -2.42. The van der Waals surface area contributed by atoms with E-state index in [1.54, 1.807) is 0 Å². The molecule has 5 rings (SSSR count). The molecule has 222 valence electrons. The van der Waals surface area contributed by atoms with Gasteiger partial charge in [-0.3, -0.25) is 4.79 Å². The molecule has 43 heavy (non-hydrogen) atoms. The van der Waals surface area contributed by atoms with E-state index in [9.17, 15) is 4.79 Å². The van der Waals surface area contributed by atoms with Gasteiger partial charge in [-0.1, -0.05) is 127 Å². The number of rotatable bonds is 14. The van der Waals surface area contributed by atoms with E-state index in [0.29, 0.717) is 33.0 Å². The van der Waals surface area contributed by atoms with Gasteiger partial charge in [-0.2, -0.15) is 0 Å². The first-order valence-corrected chi connectivity index (χ1v) is 14.7. The van der Waals surface area contributed by atoms with E-state index in [-0.39, 0.29) is 5.91 Å². The Bertz CT molecular complexity index is 1410. The summed E-state index contributed by atoms with van der Waals surface area (Å²) >= 11 is 0. The molecule has 1 N–H and O–H groups in total. The summed E-state index contributed by atoms with van der Waals surface area (Å²) in [7, 11) is 0. The minimum atomic E-state index is -0.523. The minimum absolute atomic E-state index is 0.149. The van der Waals surface area contributed by atoms with E-state index >= 15 is 0 Å². The Kier molecular flexibility index (Phi) is 11.3. The summed E-state index contributed by atoms with van der Waals surface area (Å²) in [5.41, 5.74) is 5.12. The maximum Gasteiger partial charge on any atom is 0.217 e. The first-order valence-electron chi connectivity index (χ1n) is 14.7. The summed E-state index contributed by atoms with van der Waals surface area (Å²) in [6.45, 7) is 3.42. The van der Waals surface area contributed by atoms with Gasteiger partial charge in [0.25, 0.3) is 0 Å². The zero-order valence-electron chi connectivity index (χ0n) is 24.5. The fraction of sp³-hybridized carbons (Fsp3) is 0.270. The summed E-state index contributed by atoms with van der Waals surface area (Å²) < 4.78 is 26.1. The molecule has 0 fully saturated rings. The summed E-state index contributed by atoms with van der Waals surface area (Å²) in [5, 5.41) is 3.10. The van der Waals surface area contributed by atoms with Crippen LogP contribution in [0.25, 0.3) is 0 Å². The third-order valence-electron chi connectivity index (χ3n) is 7.33. The van der Waals surface area contributed by atoms with Crippen LogP contribution in [0, 0.1) is 0 Å². The molecule has 0 radical (unpaired) electrons. The number of hydrogen-bond donors (Lipinski definition) is 1. The fourth-order valence-corrected chi connectivity index (χ4v) is 5.23. The zero-order valence-corrected chi connectivity index (χ0v) is 24.5. The second-order valence-corrected chi connectivity index (χ2v) is 10.7. The van der Waals surface area contributed by atoms with E-state index in [2.05, 4.69) is 5.32 Å². The van der Waals surface area contributed by atoms with Crippen molar-refractivity contribution in [2.45, 2.75) is 57.7 Å². The van der Waals surface area contributed by atoms with Crippen LogP contribution >= 0.6 is 0 Å². The molecule has 0 heterocycles. The highest BCUT2D eigenvalue weighted by Crippen LogP contribution is 2.30. The van der Waals surface area contributed by atoms with Crippen LogP contribution in [-0.4, -0.2) is 36.9 Å². The third-order valence-corrected chi connectivity index (χ3v) is 7.33. The SMILES string of the molecule is CC(=O)N[C@@H]1C=C(COCc2ccccc2)[C@@H](OCc2ccccc2)[C@H](OCc2ccccc2)[C@H]1OCc1ccccc1. The molecule has 0 spiro atoms. The molecule has 1 aliphatic rings. The Morgan fingerprint density at radius 1 is 0.558 bits per heavy atom. The number of amides is 1. The van der Waals surface area contributed by atoms with Crippen LogP contribution in [0.4, 0.5) is 0 Å². The third kappa shape index (κ3) is 9.21. The number of benzene rings is 4. The first kappa shape index (κ1) is 30.4. The van der Waals surface area contributed by atoms with E-state index in [4.69, 9.17) is 18.9 Å². The molecule has 4 atom stereocenters. The normalized spacial score (nSPS) is 19.9. The number of nitrogens with one attached hydrogen (secondary N) is 1.